The molecule has 1 amide bonds. The van der Waals surface area contributed by atoms with Crippen LogP contribution in [0.4, 0.5) is 5.69 Å². The predicted molar refractivity (Wildman–Crippen MR) is 93.5 cm³/mol. The number of carboxylic acid groups (broad SMARTS) is 1. The number of carbonyl (C=O) groups excluding carboxylic acids is 1. The van der Waals surface area contributed by atoms with Crippen LogP contribution in [0.2, 0.25) is 0 Å². The van der Waals surface area contributed by atoms with Crippen molar-refractivity contribution in [3.05, 3.63) is 23.8 Å². The number of carbonyl (C=O) groups is 2. The molecule has 0 radical (unpaired) electrons. The van der Waals surface area contributed by atoms with Crippen LogP contribution in [0.5, 0.6) is 5.75 Å². The number of nitrogens with one attached hydrogen (secondary N) is 1. The van der Waals surface area contributed by atoms with Crippen molar-refractivity contribution in [2.24, 2.45) is 23.2 Å². The first kappa shape index (κ1) is 16.4. The third-order valence-electron chi connectivity index (χ3n) is 6.33. The lowest BCUT2D eigenvalue weighted by Crippen LogP contribution is -2.51. The van der Waals surface area contributed by atoms with Gasteiger partial charge in [-0.1, -0.05) is 0 Å². The van der Waals surface area contributed by atoms with E-state index in [2.05, 4.69) is 5.32 Å². The maximum atomic E-state index is 13.1. The molecule has 4 bridgehead atoms. The van der Waals surface area contributed by atoms with Crippen LogP contribution in [0.1, 0.15) is 44.1 Å². The van der Waals surface area contributed by atoms with Crippen LogP contribution < -0.4 is 10.1 Å². The van der Waals surface area contributed by atoms with Crippen molar-refractivity contribution in [1.82, 2.24) is 0 Å². The number of ether oxygens (including phenoxy) is 1. The predicted octanol–water partition coefficient (Wildman–Crippen LogP) is 3.61. The number of amides is 1. The summed E-state index contributed by atoms with van der Waals surface area (Å²) in [4.78, 5) is 23.7. The first-order valence-electron chi connectivity index (χ1n) is 9.20. The van der Waals surface area contributed by atoms with Crippen LogP contribution in [-0.4, -0.2) is 23.6 Å². The Morgan fingerprint density at radius 3 is 2.28 bits per heavy atom. The van der Waals surface area contributed by atoms with E-state index in [9.17, 15) is 9.59 Å². The normalized spacial score (nSPS) is 32.4. The summed E-state index contributed by atoms with van der Waals surface area (Å²) in [7, 11) is 0. The van der Waals surface area contributed by atoms with Gasteiger partial charge in [0.05, 0.1) is 5.41 Å². The van der Waals surface area contributed by atoms with Crippen LogP contribution >= 0.6 is 0 Å². The highest BCUT2D eigenvalue weighted by atomic mass is 16.5. The fourth-order valence-corrected chi connectivity index (χ4v) is 5.65. The number of anilines is 1. The summed E-state index contributed by atoms with van der Waals surface area (Å²) in [5, 5.41) is 11.8. The smallest absolute Gasteiger partial charge is 0.341 e. The summed E-state index contributed by atoms with van der Waals surface area (Å²) in [6, 6.07) is 5.30. The molecule has 0 aromatic heterocycles. The van der Waals surface area contributed by atoms with Gasteiger partial charge in [-0.3, -0.25) is 4.79 Å². The maximum Gasteiger partial charge on any atom is 0.341 e. The lowest BCUT2D eigenvalue weighted by atomic mass is 9.49. The van der Waals surface area contributed by atoms with Gasteiger partial charge in [0, 0.05) is 5.69 Å². The van der Waals surface area contributed by atoms with Crippen LogP contribution in [0, 0.1) is 30.1 Å². The number of hydrogen-bond donors (Lipinski definition) is 2. The molecule has 2 N–H and O–H groups in total. The summed E-state index contributed by atoms with van der Waals surface area (Å²) in [6.07, 6.45) is 7.10. The molecule has 0 unspecified atom stereocenters. The van der Waals surface area contributed by atoms with E-state index in [1.54, 1.807) is 12.1 Å². The van der Waals surface area contributed by atoms with Gasteiger partial charge in [-0.2, -0.15) is 0 Å². The Balaban J connectivity index is 1.47. The van der Waals surface area contributed by atoms with Crippen LogP contribution in [0.3, 0.4) is 0 Å². The molecule has 5 rings (SSSR count). The average molecular weight is 343 g/mol. The standard InChI is InChI=1S/C20H25NO4/c1-12-4-16(25-11-18(22)23)2-3-17(12)21-19(24)20-8-13-5-14(9-20)7-15(6-13)10-20/h2-4,13-15H,5-11H2,1H3,(H,21,24)(H,22,23). The third-order valence-corrected chi connectivity index (χ3v) is 6.33. The minimum atomic E-state index is -1.00. The Labute approximate surface area is 147 Å². The van der Waals surface area contributed by atoms with E-state index in [1.807, 2.05) is 13.0 Å². The van der Waals surface area contributed by atoms with Crippen molar-refractivity contribution >= 4 is 17.6 Å². The highest BCUT2D eigenvalue weighted by Crippen LogP contribution is 2.60. The second-order valence-corrected chi connectivity index (χ2v) is 8.31. The molecule has 1 aromatic carbocycles. The van der Waals surface area contributed by atoms with Gasteiger partial charge in [-0.25, -0.2) is 4.79 Å². The molecule has 0 saturated heterocycles. The lowest BCUT2D eigenvalue weighted by Gasteiger charge is -2.55. The highest BCUT2D eigenvalue weighted by molar-refractivity contribution is 5.96. The van der Waals surface area contributed by atoms with Gasteiger partial charge in [0.15, 0.2) is 6.61 Å². The minimum Gasteiger partial charge on any atom is -0.482 e. The topological polar surface area (TPSA) is 75.6 Å². The van der Waals surface area contributed by atoms with Gasteiger partial charge in [0.25, 0.3) is 0 Å². The molecular formula is C20H25NO4. The minimum absolute atomic E-state index is 0.167. The molecule has 0 heterocycles. The number of hydrogen-bond acceptors (Lipinski definition) is 3. The first-order chi connectivity index (χ1) is 11.9. The molecule has 0 spiro atoms. The SMILES string of the molecule is Cc1cc(OCC(=O)O)ccc1NC(=O)C12CC3CC(CC(C3)C1)C2. The molecule has 5 nitrogen and oxygen atoms in total. The molecule has 4 saturated carbocycles. The van der Waals surface area contributed by atoms with Crippen molar-refractivity contribution in [3.8, 4) is 5.75 Å². The van der Waals surface area contributed by atoms with E-state index in [-0.39, 0.29) is 17.9 Å². The van der Waals surface area contributed by atoms with Gasteiger partial charge in [-0.15, -0.1) is 0 Å². The third kappa shape index (κ3) is 3.12. The fraction of sp³-hybridized carbons (Fsp3) is 0.600. The van der Waals surface area contributed by atoms with Crippen molar-refractivity contribution < 1.29 is 19.4 Å². The van der Waals surface area contributed by atoms with Gasteiger partial charge in [-0.05, 0) is 87.0 Å². The van der Waals surface area contributed by atoms with Crippen molar-refractivity contribution in [3.63, 3.8) is 0 Å². The summed E-state index contributed by atoms with van der Waals surface area (Å²) in [5.74, 6) is 1.90. The molecule has 25 heavy (non-hydrogen) atoms. The van der Waals surface area contributed by atoms with E-state index in [4.69, 9.17) is 9.84 Å². The zero-order valence-corrected chi connectivity index (χ0v) is 14.6. The molecule has 0 aliphatic heterocycles. The molecule has 1 aromatic rings. The van der Waals surface area contributed by atoms with Gasteiger partial charge in [0.2, 0.25) is 5.91 Å². The Morgan fingerprint density at radius 2 is 1.76 bits per heavy atom. The molecule has 4 aliphatic rings. The van der Waals surface area contributed by atoms with Crippen molar-refractivity contribution in [1.29, 1.82) is 0 Å². The monoisotopic (exact) mass is 343 g/mol. The summed E-state index contributed by atoms with van der Waals surface area (Å²) >= 11 is 0. The number of rotatable bonds is 5. The van der Waals surface area contributed by atoms with Crippen molar-refractivity contribution in [2.45, 2.75) is 45.4 Å². The summed E-state index contributed by atoms with van der Waals surface area (Å²) < 4.78 is 5.20. The largest absolute Gasteiger partial charge is 0.482 e. The zero-order valence-electron chi connectivity index (χ0n) is 14.6. The maximum absolute atomic E-state index is 13.1. The van der Waals surface area contributed by atoms with Crippen LogP contribution in [0.15, 0.2) is 18.2 Å². The summed E-state index contributed by atoms with van der Waals surface area (Å²) in [5.41, 5.74) is 1.52. The molecular weight excluding hydrogens is 318 g/mol. The zero-order chi connectivity index (χ0) is 17.6. The highest BCUT2D eigenvalue weighted by Gasteiger charge is 2.54. The number of aliphatic carboxylic acids is 1. The Bertz CT molecular complexity index is 676. The van der Waals surface area contributed by atoms with Gasteiger partial charge < -0.3 is 15.2 Å². The quantitative estimate of drug-likeness (QED) is 0.856. The number of benzene rings is 1. The van der Waals surface area contributed by atoms with Crippen LogP contribution in [0.25, 0.3) is 0 Å². The first-order valence-corrected chi connectivity index (χ1v) is 9.20. The van der Waals surface area contributed by atoms with E-state index in [0.29, 0.717) is 5.75 Å². The Hall–Kier alpha value is -2.04. The Kier molecular flexibility index (Phi) is 3.97. The molecule has 0 atom stereocenters. The average Bonchev–Trinajstić information content (AvgIpc) is 2.53. The molecule has 4 aliphatic carbocycles. The Morgan fingerprint density at radius 1 is 1.16 bits per heavy atom. The lowest BCUT2D eigenvalue weighted by molar-refractivity contribution is -0.140. The van der Waals surface area contributed by atoms with Crippen molar-refractivity contribution in [2.75, 3.05) is 11.9 Å². The van der Waals surface area contributed by atoms with Gasteiger partial charge in [0.1, 0.15) is 5.75 Å². The number of carboxylic acids is 1. The summed E-state index contributed by atoms with van der Waals surface area (Å²) in [6.45, 7) is 1.54. The second-order valence-electron chi connectivity index (χ2n) is 8.31. The fourth-order valence-electron chi connectivity index (χ4n) is 5.65. The van der Waals surface area contributed by atoms with E-state index < -0.39 is 5.97 Å². The van der Waals surface area contributed by atoms with E-state index in [1.165, 1.54) is 19.3 Å². The van der Waals surface area contributed by atoms with E-state index in [0.717, 1.165) is 48.3 Å². The second kappa shape index (κ2) is 6.04. The molecule has 134 valence electrons. The van der Waals surface area contributed by atoms with E-state index >= 15 is 0 Å². The molecule has 4 fully saturated rings. The molecule has 5 heteroatoms. The van der Waals surface area contributed by atoms with Gasteiger partial charge >= 0.3 is 5.97 Å². The number of aryl methyl sites for hydroxylation is 1. The van der Waals surface area contributed by atoms with Crippen LogP contribution in [-0.2, 0) is 9.59 Å².